The van der Waals surface area contributed by atoms with Gasteiger partial charge in [-0.1, -0.05) is 31.2 Å². The van der Waals surface area contributed by atoms with Gasteiger partial charge in [-0.05, 0) is 43.2 Å². The second-order valence-corrected chi connectivity index (χ2v) is 5.73. The number of fused-ring (bicyclic) bond motifs is 1. The van der Waals surface area contributed by atoms with Gasteiger partial charge >= 0.3 is 6.03 Å². The number of benzene rings is 1. The van der Waals surface area contributed by atoms with E-state index in [-0.39, 0.29) is 18.2 Å². The molecule has 4 nitrogen and oxygen atoms in total. The van der Waals surface area contributed by atoms with Crippen molar-refractivity contribution in [2.24, 2.45) is 5.92 Å². The summed E-state index contributed by atoms with van der Waals surface area (Å²) in [5.41, 5.74) is 2.57. The molecule has 0 aromatic heterocycles. The number of urea groups is 1. The average Bonchev–Trinajstić information content (AvgIpc) is 2.41. The molecule has 0 saturated carbocycles. The van der Waals surface area contributed by atoms with Crippen molar-refractivity contribution in [3.8, 4) is 0 Å². The summed E-state index contributed by atoms with van der Waals surface area (Å²) < 4.78 is 0. The predicted octanol–water partition coefficient (Wildman–Crippen LogP) is 2.38. The third-order valence-corrected chi connectivity index (χ3v) is 3.96. The van der Waals surface area contributed by atoms with Crippen LogP contribution in [0.4, 0.5) is 4.79 Å². The molecule has 1 aliphatic rings. The molecule has 3 atom stereocenters. The van der Waals surface area contributed by atoms with Crippen molar-refractivity contribution in [1.82, 2.24) is 10.6 Å². The van der Waals surface area contributed by atoms with Crippen LogP contribution in [0.2, 0.25) is 0 Å². The minimum absolute atomic E-state index is 0.0755. The second kappa shape index (κ2) is 6.75. The van der Waals surface area contributed by atoms with E-state index in [1.807, 2.05) is 6.07 Å². The van der Waals surface area contributed by atoms with E-state index < -0.39 is 0 Å². The zero-order valence-corrected chi connectivity index (χ0v) is 12.2. The van der Waals surface area contributed by atoms with Gasteiger partial charge in [0.1, 0.15) is 0 Å². The van der Waals surface area contributed by atoms with Gasteiger partial charge in [-0.15, -0.1) is 0 Å². The lowest BCUT2D eigenvalue weighted by Crippen LogP contribution is -2.42. The molecule has 3 unspecified atom stereocenters. The first-order valence-electron chi connectivity index (χ1n) is 7.38. The van der Waals surface area contributed by atoms with Crippen molar-refractivity contribution in [3.05, 3.63) is 35.4 Å². The number of nitrogens with one attached hydrogen (secondary N) is 2. The van der Waals surface area contributed by atoms with Crippen molar-refractivity contribution in [2.75, 3.05) is 6.54 Å². The van der Waals surface area contributed by atoms with Crippen LogP contribution in [-0.2, 0) is 6.42 Å². The molecule has 3 N–H and O–H groups in total. The monoisotopic (exact) mass is 276 g/mol. The SMILES string of the molecule is CC(O)CCNC(=O)NC1c2ccccc2CCC1C. The summed E-state index contributed by atoms with van der Waals surface area (Å²) in [6, 6.07) is 8.24. The zero-order chi connectivity index (χ0) is 14.5. The van der Waals surface area contributed by atoms with Gasteiger partial charge in [0.05, 0.1) is 12.1 Å². The molecule has 110 valence electrons. The van der Waals surface area contributed by atoms with Gasteiger partial charge in [0, 0.05) is 6.54 Å². The number of hydrogen-bond acceptors (Lipinski definition) is 2. The molecule has 4 heteroatoms. The summed E-state index contributed by atoms with van der Waals surface area (Å²) in [5.74, 6) is 0.437. The Morgan fingerprint density at radius 3 is 2.95 bits per heavy atom. The Kier molecular flexibility index (Phi) is 5.01. The summed E-state index contributed by atoms with van der Waals surface area (Å²) in [4.78, 5) is 11.9. The summed E-state index contributed by atoms with van der Waals surface area (Å²) in [5, 5.41) is 15.1. The molecule has 0 spiro atoms. The number of carbonyl (C=O) groups excluding carboxylic acids is 1. The lowest BCUT2D eigenvalue weighted by atomic mass is 9.81. The molecule has 0 radical (unpaired) electrons. The smallest absolute Gasteiger partial charge is 0.315 e. The van der Waals surface area contributed by atoms with Gasteiger partial charge in [0.25, 0.3) is 0 Å². The van der Waals surface area contributed by atoms with Crippen molar-refractivity contribution < 1.29 is 9.90 Å². The van der Waals surface area contributed by atoms with E-state index in [0.717, 1.165) is 12.8 Å². The van der Waals surface area contributed by atoms with Gasteiger partial charge in [-0.25, -0.2) is 4.79 Å². The first-order chi connectivity index (χ1) is 9.58. The number of carbonyl (C=O) groups is 1. The predicted molar refractivity (Wildman–Crippen MR) is 79.5 cm³/mol. The molecule has 2 rings (SSSR count). The standard InChI is InChI=1S/C16H24N2O2/c1-11-7-8-13-5-3-4-6-14(13)15(11)18-16(20)17-10-9-12(2)19/h3-6,11-12,15,19H,7-10H2,1-2H3,(H2,17,18,20). The molecule has 0 saturated heterocycles. The van der Waals surface area contributed by atoms with Crippen LogP contribution < -0.4 is 10.6 Å². The number of aryl methyl sites for hydroxylation is 1. The highest BCUT2D eigenvalue weighted by Gasteiger charge is 2.27. The van der Waals surface area contributed by atoms with E-state index in [1.165, 1.54) is 11.1 Å². The molecule has 0 heterocycles. The van der Waals surface area contributed by atoms with E-state index in [2.05, 4.69) is 35.8 Å². The third kappa shape index (κ3) is 3.73. The van der Waals surface area contributed by atoms with E-state index >= 15 is 0 Å². The highest BCUT2D eigenvalue weighted by atomic mass is 16.3. The summed E-state index contributed by atoms with van der Waals surface area (Å²) in [6.45, 7) is 4.39. The summed E-state index contributed by atoms with van der Waals surface area (Å²) >= 11 is 0. The van der Waals surface area contributed by atoms with Gasteiger partial charge in [-0.2, -0.15) is 0 Å². The normalized spacial score (nSPS) is 22.8. The number of amides is 2. The Morgan fingerprint density at radius 2 is 2.20 bits per heavy atom. The number of hydrogen-bond donors (Lipinski definition) is 3. The quantitative estimate of drug-likeness (QED) is 0.790. The first kappa shape index (κ1) is 14.9. The van der Waals surface area contributed by atoms with E-state index in [0.29, 0.717) is 18.9 Å². The number of rotatable bonds is 4. The Morgan fingerprint density at radius 1 is 1.45 bits per heavy atom. The van der Waals surface area contributed by atoms with Gasteiger partial charge in [0.2, 0.25) is 0 Å². The Labute approximate surface area is 120 Å². The molecule has 2 amide bonds. The average molecular weight is 276 g/mol. The fourth-order valence-electron chi connectivity index (χ4n) is 2.73. The zero-order valence-electron chi connectivity index (χ0n) is 12.2. The van der Waals surface area contributed by atoms with Crippen LogP contribution in [0, 0.1) is 5.92 Å². The first-order valence-corrected chi connectivity index (χ1v) is 7.38. The van der Waals surface area contributed by atoms with Gasteiger partial charge < -0.3 is 15.7 Å². The Bertz CT molecular complexity index is 460. The van der Waals surface area contributed by atoms with Crippen LogP contribution in [0.25, 0.3) is 0 Å². The van der Waals surface area contributed by atoms with Crippen molar-refractivity contribution in [1.29, 1.82) is 0 Å². The van der Waals surface area contributed by atoms with Crippen LogP contribution in [0.3, 0.4) is 0 Å². The molecular weight excluding hydrogens is 252 g/mol. The fraction of sp³-hybridized carbons (Fsp3) is 0.562. The van der Waals surface area contributed by atoms with E-state index in [1.54, 1.807) is 6.92 Å². The van der Waals surface area contributed by atoms with Crippen LogP contribution in [0.15, 0.2) is 24.3 Å². The number of aliphatic hydroxyl groups excluding tert-OH is 1. The Hall–Kier alpha value is -1.55. The molecule has 0 bridgehead atoms. The van der Waals surface area contributed by atoms with Crippen LogP contribution in [0.1, 0.15) is 43.9 Å². The van der Waals surface area contributed by atoms with Gasteiger partial charge in [0.15, 0.2) is 0 Å². The minimum atomic E-state index is -0.385. The third-order valence-electron chi connectivity index (χ3n) is 3.96. The summed E-state index contributed by atoms with van der Waals surface area (Å²) in [6.07, 6.45) is 2.36. The molecule has 20 heavy (non-hydrogen) atoms. The summed E-state index contributed by atoms with van der Waals surface area (Å²) in [7, 11) is 0. The van der Waals surface area contributed by atoms with Crippen LogP contribution in [0.5, 0.6) is 0 Å². The minimum Gasteiger partial charge on any atom is -0.393 e. The molecule has 1 aromatic rings. The lowest BCUT2D eigenvalue weighted by molar-refractivity contribution is 0.182. The van der Waals surface area contributed by atoms with Crippen LogP contribution in [-0.4, -0.2) is 23.8 Å². The molecule has 0 fully saturated rings. The lowest BCUT2D eigenvalue weighted by Gasteiger charge is -2.32. The number of aliphatic hydroxyl groups is 1. The topological polar surface area (TPSA) is 61.4 Å². The van der Waals surface area contributed by atoms with Crippen LogP contribution >= 0.6 is 0 Å². The molecule has 1 aliphatic carbocycles. The highest BCUT2D eigenvalue weighted by molar-refractivity contribution is 5.74. The van der Waals surface area contributed by atoms with E-state index in [4.69, 9.17) is 0 Å². The molecular formula is C16H24N2O2. The van der Waals surface area contributed by atoms with Crippen molar-refractivity contribution in [2.45, 2.75) is 45.3 Å². The van der Waals surface area contributed by atoms with Crippen molar-refractivity contribution in [3.63, 3.8) is 0 Å². The Balaban J connectivity index is 1.96. The molecule has 1 aromatic carbocycles. The maximum Gasteiger partial charge on any atom is 0.315 e. The van der Waals surface area contributed by atoms with Gasteiger partial charge in [-0.3, -0.25) is 0 Å². The highest BCUT2D eigenvalue weighted by Crippen LogP contribution is 2.33. The maximum atomic E-state index is 11.9. The van der Waals surface area contributed by atoms with E-state index in [9.17, 15) is 9.90 Å². The maximum absolute atomic E-state index is 11.9. The van der Waals surface area contributed by atoms with Crippen molar-refractivity contribution >= 4 is 6.03 Å². The largest absolute Gasteiger partial charge is 0.393 e. The fourth-order valence-corrected chi connectivity index (χ4v) is 2.73. The second-order valence-electron chi connectivity index (χ2n) is 5.73. The molecule has 0 aliphatic heterocycles.